The maximum absolute atomic E-state index is 8.77. The van der Waals surface area contributed by atoms with E-state index >= 15 is 0 Å². The first kappa shape index (κ1) is 15.7. The summed E-state index contributed by atoms with van der Waals surface area (Å²) < 4.78 is 8.77. The molecule has 0 atom stereocenters. The van der Waals surface area contributed by atoms with Crippen molar-refractivity contribution in [3.8, 4) is 0 Å². The zero-order valence-electron chi connectivity index (χ0n) is 3.14. The maximum atomic E-state index is 8.77. The third kappa shape index (κ3) is 192. The molecule has 0 aromatic carbocycles. The van der Waals surface area contributed by atoms with E-state index in [2.05, 4.69) is 0 Å². The van der Waals surface area contributed by atoms with Crippen LogP contribution in [0.4, 0.5) is 0 Å². The average Bonchev–Trinajstić information content (AvgIpc) is 0.722. The Kier molecular flexibility index (Phi) is 11.4. The molecule has 7 heavy (non-hydrogen) atoms. The molecule has 7 heteroatoms. The van der Waals surface area contributed by atoms with Gasteiger partial charge in [0.1, 0.15) is 0 Å². The molecule has 5 nitrogen and oxygen atoms in total. The molecule has 0 saturated carbocycles. The van der Waals surface area contributed by atoms with E-state index in [9.17, 15) is 0 Å². The molecule has 0 fully saturated rings. The van der Waals surface area contributed by atoms with E-state index < -0.39 is 7.82 Å². The van der Waals surface area contributed by atoms with Crippen LogP contribution < -0.4 is 4.89 Å². The van der Waals surface area contributed by atoms with E-state index in [1.807, 2.05) is 0 Å². The van der Waals surface area contributed by atoms with Crippen LogP contribution >= 0.6 is 7.82 Å². The monoisotopic (exact) mass is 228 g/mol. The molecule has 0 aliphatic heterocycles. The van der Waals surface area contributed by atoms with Gasteiger partial charge in [0.15, 0.2) is 0 Å². The smallest absolute Gasteiger partial charge is 2.00 e. The summed E-state index contributed by atoms with van der Waals surface area (Å²) in [6.07, 6.45) is 0. The van der Waals surface area contributed by atoms with Gasteiger partial charge in [0.05, 0.1) is 0 Å². The topological polar surface area (TPSA) is 109 Å². The van der Waals surface area contributed by atoms with E-state index in [0.717, 1.165) is 0 Å². The minimum Gasteiger partial charge on any atom is -2.00 e. The number of hydrogen-bond acceptors (Lipinski definition) is 2. The molecule has 0 bridgehead atoms. The van der Waals surface area contributed by atoms with Gasteiger partial charge in [-0.1, -0.05) is 0 Å². The summed E-state index contributed by atoms with van der Waals surface area (Å²) in [7, 11) is -4.89. The Balaban J connectivity index is -0.0000000800. The van der Waals surface area contributed by atoms with E-state index in [4.69, 9.17) is 19.2 Å². The quantitative estimate of drug-likeness (QED) is 0.464. The van der Waals surface area contributed by atoms with Gasteiger partial charge < -0.3 is 20.2 Å². The summed E-state index contributed by atoms with van der Waals surface area (Å²) in [6.45, 7) is 0. The zero-order chi connectivity index (χ0) is 4.50. The molecular formula is H2InO5P. The Labute approximate surface area is 58.7 Å². The first-order valence-corrected chi connectivity index (χ1v) is 2.30. The van der Waals surface area contributed by atoms with Gasteiger partial charge in [-0.3, -0.25) is 4.57 Å². The van der Waals surface area contributed by atoms with Crippen LogP contribution in [0.2, 0.25) is 0 Å². The molecule has 2 N–H and O–H groups in total. The van der Waals surface area contributed by atoms with Crippen LogP contribution in [0.25, 0.3) is 0 Å². The minimum absolute atomic E-state index is 0. The Hall–Kier alpha value is 0.940. The van der Waals surface area contributed by atoms with Crippen molar-refractivity contribution in [2.45, 2.75) is 0 Å². The van der Waals surface area contributed by atoms with Crippen molar-refractivity contribution < 1.29 is 24.7 Å². The molecule has 0 aromatic heterocycles. The SMILES string of the molecule is O=P([O-])(O)O.[In+3].[O-2]. The molecule has 0 radical (unpaired) electrons. The molecule has 0 amide bonds. The summed E-state index contributed by atoms with van der Waals surface area (Å²) in [5, 5.41) is 0. The summed E-state index contributed by atoms with van der Waals surface area (Å²) in [6, 6.07) is 0. The molecule has 40 valence electrons. The fraction of sp³-hybridized carbons (Fsp3) is 0. The van der Waals surface area contributed by atoms with Crippen molar-refractivity contribution in [2.24, 2.45) is 0 Å². The van der Waals surface area contributed by atoms with Crippen molar-refractivity contribution in [1.29, 1.82) is 0 Å². The third-order valence-corrected chi connectivity index (χ3v) is 0. The Morgan fingerprint density at radius 1 is 1.43 bits per heavy atom. The van der Waals surface area contributed by atoms with Gasteiger partial charge >= 0.3 is 25.8 Å². The predicted molar refractivity (Wildman–Crippen MR) is 18.5 cm³/mol. The fourth-order valence-electron chi connectivity index (χ4n) is 0. The molecule has 0 rings (SSSR count). The largest absolute Gasteiger partial charge is 3.00 e. The molecule has 0 aromatic rings. The van der Waals surface area contributed by atoms with Crippen LogP contribution in [-0.2, 0) is 10.0 Å². The summed E-state index contributed by atoms with van der Waals surface area (Å²) >= 11 is 0. The normalized spacial score (nSPS) is 8.43. The molecule has 0 unspecified atom stereocenters. The second-order valence-electron chi connectivity index (χ2n) is 0.491. The molecule has 0 heterocycles. The number of hydrogen-bond donors (Lipinski definition) is 2. The van der Waals surface area contributed by atoms with Crippen LogP contribution in [0.5, 0.6) is 0 Å². The van der Waals surface area contributed by atoms with Gasteiger partial charge in [-0.05, 0) is 0 Å². The molecule has 0 spiro atoms. The van der Waals surface area contributed by atoms with Crippen molar-refractivity contribution >= 4 is 33.7 Å². The Morgan fingerprint density at radius 3 is 1.43 bits per heavy atom. The summed E-state index contributed by atoms with van der Waals surface area (Å²) in [5.74, 6) is 0. The van der Waals surface area contributed by atoms with E-state index in [-0.39, 0.29) is 31.3 Å². The van der Waals surface area contributed by atoms with Crippen molar-refractivity contribution in [3.05, 3.63) is 0 Å². The van der Waals surface area contributed by atoms with Crippen molar-refractivity contribution in [1.82, 2.24) is 0 Å². The van der Waals surface area contributed by atoms with Crippen LogP contribution in [-0.4, -0.2) is 35.6 Å². The zero-order valence-corrected chi connectivity index (χ0v) is 7.33. The van der Waals surface area contributed by atoms with Crippen LogP contribution in [0.1, 0.15) is 0 Å². The maximum Gasteiger partial charge on any atom is 3.00 e. The molecule has 0 aliphatic carbocycles. The van der Waals surface area contributed by atoms with Crippen LogP contribution in [0.3, 0.4) is 0 Å². The van der Waals surface area contributed by atoms with E-state index in [0.29, 0.717) is 0 Å². The van der Waals surface area contributed by atoms with E-state index in [1.165, 1.54) is 0 Å². The van der Waals surface area contributed by atoms with Crippen molar-refractivity contribution in [3.63, 3.8) is 0 Å². The van der Waals surface area contributed by atoms with Gasteiger partial charge in [-0.15, -0.1) is 0 Å². The first-order valence-electron chi connectivity index (χ1n) is 0.765. The van der Waals surface area contributed by atoms with Gasteiger partial charge in [0.2, 0.25) is 0 Å². The molecule has 0 saturated heterocycles. The van der Waals surface area contributed by atoms with Gasteiger partial charge in [-0.25, -0.2) is 0 Å². The molecular weight excluding hydrogens is 226 g/mol. The summed E-state index contributed by atoms with van der Waals surface area (Å²) in [4.78, 5) is 22.9. The average molecular weight is 228 g/mol. The predicted octanol–water partition coefficient (Wildman–Crippen LogP) is -2.06. The Morgan fingerprint density at radius 2 is 1.43 bits per heavy atom. The van der Waals surface area contributed by atoms with Crippen LogP contribution in [0, 0.1) is 0 Å². The number of phosphoric acid groups is 1. The minimum atomic E-state index is -4.89. The third-order valence-electron chi connectivity index (χ3n) is 0. The van der Waals surface area contributed by atoms with Crippen LogP contribution in [0.15, 0.2) is 0 Å². The van der Waals surface area contributed by atoms with E-state index in [1.54, 1.807) is 0 Å². The second-order valence-corrected chi connectivity index (χ2v) is 1.47. The standard InChI is InChI=1S/In.H3O4P.O/c;1-5(2,3)4;/h;(H3,1,2,3,4);/q+3;;-2/p-1. The summed E-state index contributed by atoms with van der Waals surface area (Å²) in [5.41, 5.74) is 0. The number of rotatable bonds is 0. The van der Waals surface area contributed by atoms with Gasteiger partial charge in [-0.2, -0.15) is 0 Å². The first-order chi connectivity index (χ1) is 2.00. The van der Waals surface area contributed by atoms with Gasteiger partial charge in [0, 0.05) is 0 Å². The Bertz CT molecular complexity index is 54.2. The van der Waals surface area contributed by atoms with Gasteiger partial charge in [0.25, 0.3) is 7.82 Å². The fourth-order valence-corrected chi connectivity index (χ4v) is 0. The molecule has 0 aliphatic rings. The van der Waals surface area contributed by atoms with Crippen molar-refractivity contribution in [2.75, 3.05) is 0 Å². The second kappa shape index (κ2) is 5.08.